The summed E-state index contributed by atoms with van der Waals surface area (Å²) in [5.41, 5.74) is 0.735. The lowest BCUT2D eigenvalue weighted by atomic mass is 9.88. The summed E-state index contributed by atoms with van der Waals surface area (Å²) in [5.74, 6) is -1.56. The van der Waals surface area contributed by atoms with Crippen LogP contribution in [-0.4, -0.2) is 50.3 Å². The number of methoxy groups -OCH3 is 2. The van der Waals surface area contributed by atoms with Gasteiger partial charge in [0.2, 0.25) is 0 Å². The maximum atomic E-state index is 12.4. The van der Waals surface area contributed by atoms with Crippen LogP contribution in [-0.2, 0) is 23.8 Å². The summed E-state index contributed by atoms with van der Waals surface area (Å²) >= 11 is 7.38. The zero-order valence-electron chi connectivity index (χ0n) is 14.6. The van der Waals surface area contributed by atoms with E-state index in [1.165, 1.54) is 25.6 Å². The van der Waals surface area contributed by atoms with Crippen LogP contribution >= 0.6 is 22.9 Å². The van der Waals surface area contributed by atoms with Crippen LogP contribution in [0.1, 0.15) is 23.6 Å². The molecule has 0 N–H and O–H groups in total. The van der Waals surface area contributed by atoms with E-state index in [1.807, 2.05) is 0 Å². The zero-order chi connectivity index (χ0) is 18.7. The number of esters is 2. The van der Waals surface area contributed by atoms with Crippen LogP contribution in [0.4, 0.5) is 0 Å². The minimum absolute atomic E-state index is 0.0630. The summed E-state index contributed by atoms with van der Waals surface area (Å²) < 4.78 is 16.2. The Hall–Kier alpha value is -1.83. The highest BCUT2D eigenvalue weighted by molar-refractivity contribution is 7.16. The maximum absolute atomic E-state index is 12.4. The first kappa shape index (κ1) is 18.9. The Labute approximate surface area is 161 Å². The number of ether oxygens (including phenoxy) is 3. The molecule has 0 saturated carbocycles. The molecule has 3 rings (SSSR count). The average molecular weight is 398 g/mol. The van der Waals surface area contributed by atoms with Crippen LogP contribution in [0.3, 0.4) is 0 Å². The number of rotatable bonds is 5. The molecule has 0 aliphatic carbocycles. The molecule has 1 aromatic rings. The molecule has 140 valence electrons. The van der Waals surface area contributed by atoms with Gasteiger partial charge < -0.3 is 19.1 Å². The Kier molecular flexibility index (Phi) is 6.01. The van der Waals surface area contributed by atoms with Gasteiger partial charge in [0.1, 0.15) is 0 Å². The second kappa shape index (κ2) is 8.24. The van der Waals surface area contributed by atoms with Crippen LogP contribution in [0, 0.1) is 0 Å². The number of carbonyl (C=O) groups excluding carboxylic acids is 2. The molecule has 1 fully saturated rings. The first-order chi connectivity index (χ1) is 12.5. The molecular weight excluding hydrogens is 378 g/mol. The minimum atomic E-state index is -0.576. The van der Waals surface area contributed by atoms with Crippen molar-refractivity contribution in [3.05, 3.63) is 44.9 Å². The monoisotopic (exact) mass is 397 g/mol. The van der Waals surface area contributed by atoms with Crippen molar-refractivity contribution < 1.29 is 23.8 Å². The smallest absolute Gasteiger partial charge is 0.336 e. The number of hydrogen-bond donors (Lipinski definition) is 0. The molecule has 0 unspecified atom stereocenters. The van der Waals surface area contributed by atoms with Gasteiger partial charge >= 0.3 is 11.9 Å². The zero-order valence-corrected chi connectivity index (χ0v) is 16.1. The van der Waals surface area contributed by atoms with Gasteiger partial charge in [-0.2, -0.15) is 0 Å². The first-order valence-corrected chi connectivity index (χ1v) is 9.45. The molecular formula is C18H20ClNO5S. The SMILES string of the molecule is COC(=O)C1=CN(C[C@H]2CCCO2)C=C(C(=O)OC)C1c1ccc(Cl)s1. The summed E-state index contributed by atoms with van der Waals surface area (Å²) in [6, 6.07) is 3.55. The van der Waals surface area contributed by atoms with Crippen molar-refractivity contribution in [3.8, 4) is 0 Å². The Balaban J connectivity index is 2.00. The third kappa shape index (κ3) is 3.95. The van der Waals surface area contributed by atoms with Gasteiger partial charge in [-0.3, -0.25) is 0 Å². The molecule has 6 nitrogen and oxygen atoms in total. The molecule has 8 heteroatoms. The van der Waals surface area contributed by atoms with Gasteiger partial charge in [0.15, 0.2) is 0 Å². The fraction of sp³-hybridized carbons (Fsp3) is 0.444. The van der Waals surface area contributed by atoms with Crippen molar-refractivity contribution in [1.29, 1.82) is 0 Å². The highest BCUT2D eigenvalue weighted by Gasteiger charge is 2.36. The van der Waals surface area contributed by atoms with Gasteiger partial charge in [-0.05, 0) is 25.0 Å². The lowest BCUT2D eigenvalue weighted by molar-refractivity contribution is -0.137. The lowest BCUT2D eigenvalue weighted by Gasteiger charge is -2.30. The number of thiophene rings is 1. The summed E-state index contributed by atoms with van der Waals surface area (Å²) in [6.45, 7) is 1.29. The summed E-state index contributed by atoms with van der Waals surface area (Å²) in [5, 5.41) is 0. The van der Waals surface area contributed by atoms with Crippen LogP contribution < -0.4 is 0 Å². The van der Waals surface area contributed by atoms with Crippen LogP contribution in [0.2, 0.25) is 4.34 Å². The molecule has 3 heterocycles. The van der Waals surface area contributed by atoms with E-state index in [1.54, 1.807) is 29.4 Å². The van der Waals surface area contributed by atoms with Crippen LogP contribution in [0.15, 0.2) is 35.7 Å². The Morgan fingerprint density at radius 2 is 1.88 bits per heavy atom. The van der Waals surface area contributed by atoms with E-state index in [0.29, 0.717) is 22.0 Å². The van der Waals surface area contributed by atoms with Crippen LogP contribution in [0.25, 0.3) is 0 Å². The Bertz CT molecular complexity index is 717. The largest absolute Gasteiger partial charge is 0.466 e. The average Bonchev–Trinajstić information content (AvgIpc) is 3.31. The predicted molar refractivity (Wildman–Crippen MR) is 97.9 cm³/mol. The number of carbonyl (C=O) groups is 2. The second-order valence-corrected chi connectivity index (χ2v) is 7.81. The standard InChI is InChI=1S/C18H20ClNO5S/c1-23-17(21)12-9-20(8-11-4-3-7-25-11)10-13(18(22)24-2)16(12)14-5-6-15(19)26-14/h5-6,9-11,16H,3-4,7-8H2,1-2H3/t11-/m1/s1. The molecule has 0 radical (unpaired) electrons. The fourth-order valence-electron chi connectivity index (χ4n) is 3.21. The molecule has 0 aromatic carbocycles. The van der Waals surface area contributed by atoms with E-state index in [-0.39, 0.29) is 6.10 Å². The van der Waals surface area contributed by atoms with Gasteiger partial charge in [-0.25, -0.2) is 9.59 Å². The number of nitrogens with zero attached hydrogens (tertiary/aromatic N) is 1. The van der Waals surface area contributed by atoms with E-state index < -0.39 is 17.9 Å². The van der Waals surface area contributed by atoms with E-state index in [9.17, 15) is 9.59 Å². The van der Waals surface area contributed by atoms with E-state index in [4.69, 9.17) is 25.8 Å². The van der Waals surface area contributed by atoms with Crippen molar-refractivity contribution in [3.63, 3.8) is 0 Å². The van der Waals surface area contributed by atoms with Crippen molar-refractivity contribution >= 4 is 34.9 Å². The molecule has 0 amide bonds. The highest BCUT2D eigenvalue weighted by atomic mass is 35.5. The third-order valence-corrected chi connectivity index (χ3v) is 5.69. The first-order valence-electron chi connectivity index (χ1n) is 8.26. The van der Waals surface area contributed by atoms with Gasteiger partial charge in [0.05, 0.1) is 41.7 Å². The lowest BCUT2D eigenvalue weighted by Crippen LogP contribution is -2.32. The summed E-state index contributed by atoms with van der Waals surface area (Å²) in [6.07, 6.45) is 5.46. The van der Waals surface area contributed by atoms with Crippen molar-refractivity contribution in [1.82, 2.24) is 4.90 Å². The molecule has 0 bridgehead atoms. The normalized spacial score (nSPS) is 20.6. The van der Waals surface area contributed by atoms with Gasteiger partial charge in [0, 0.05) is 30.4 Å². The summed E-state index contributed by atoms with van der Waals surface area (Å²) in [4.78, 5) is 27.5. The van der Waals surface area contributed by atoms with Gasteiger partial charge in [-0.15, -0.1) is 11.3 Å². The van der Waals surface area contributed by atoms with E-state index >= 15 is 0 Å². The van der Waals surface area contributed by atoms with Gasteiger partial charge in [-0.1, -0.05) is 11.6 Å². The number of hydrogen-bond acceptors (Lipinski definition) is 7. The fourth-order valence-corrected chi connectivity index (χ4v) is 4.41. The maximum Gasteiger partial charge on any atom is 0.336 e. The minimum Gasteiger partial charge on any atom is -0.466 e. The molecule has 1 saturated heterocycles. The molecule has 2 aliphatic heterocycles. The number of halogens is 1. The molecule has 1 atom stereocenters. The topological polar surface area (TPSA) is 65.1 Å². The van der Waals surface area contributed by atoms with E-state index in [0.717, 1.165) is 24.3 Å². The molecule has 26 heavy (non-hydrogen) atoms. The van der Waals surface area contributed by atoms with Crippen molar-refractivity contribution in [2.45, 2.75) is 24.9 Å². The third-order valence-electron chi connectivity index (χ3n) is 4.39. The van der Waals surface area contributed by atoms with Crippen LogP contribution in [0.5, 0.6) is 0 Å². The molecule has 1 aromatic heterocycles. The highest BCUT2D eigenvalue weighted by Crippen LogP contribution is 2.41. The Morgan fingerprint density at radius 1 is 1.23 bits per heavy atom. The molecule has 0 spiro atoms. The molecule has 2 aliphatic rings. The second-order valence-electron chi connectivity index (χ2n) is 6.06. The predicted octanol–water partition coefficient (Wildman–Crippen LogP) is 3.09. The van der Waals surface area contributed by atoms with Crippen molar-refractivity contribution in [2.75, 3.05) is 27.4 Å². The quantitative estimate of drug-likeness (QED) is 0.711. The summed E-state index contributed by atoms with van der Waals surface area (Å²) in [7, 11) is 2.64. The van der Waals surface area contributed by atoms with E-state index in [2.05, 4.69) is 0 Å². The Morgan fingerprint density at radius 3 is 2.35 bits per heavy atom. The van der Waals surface area contributed by atoms with Crippen molar-refractivity contribution in [2.24, 2.45) is 0 Å². The van der Waals surface area contributed by atoms with Gasteiger partial charge in [0.25, 0.3) is 0 Å².